The maximum absolute atomic E-state index is 5.99. The summed E-state index contributed by atoms with van der Waals surface area (Å²) in [5.74, 6) is 0. The van der Waals surface area contributed by atoms with Gasteiger partial charge >= 0.3 is 0 Å². The molecule has 0 radical (unpaired) electrons. The monoisotopic (exact) mass is 280 g/mol. The zero-order valence-corrected chi connectivity index (χ0v) is 12.1. The number of ether oxygens (including phenoxy) is 1. The molecule has 0 aliphatic heterocycles. The van der Waals surface area contributed by atoms with E-state index in [-0.39, 0.29) is 0 Å². The molecule has 0 aliphatic carbocycles. The third kappa shape index (κ3) is 4.23. The van der Waals surface area contributed by atoms with Crippen LogP contribution in [-0.2, 0) is 11.3 Å². The molecule has 3 nitrogen and oxygen atoms in total. The zero-order valence-electron chi connectivity index (χ0n) is 11.4. The lowest BCUT2D eigenvalue weighted by Crippen LogP contribution is -2.20. The van der Waals surface area contributed by atoms with Gasteiger partial charge in [0.25, 0.3) is 0 Å². The van der Waals surface area contributed by atoms with Gasteiger partial charge in [0, 0.05) is 42.3 Å². The number of hydrogen-bond donors (Lipinski definition) is 1. The molecule has 19 heavy (non-hydrogen) atoms. The fourth-order valence-electron chi connectivity index (χ4n) is 2.20. The van der Waals surface area contributed by atoms with Crippen LogP contribution in [0.4, 0.5) is 0 Å². The van der Waals surface area contributed by atoms with Crippen molar-refractivity contribution in [3.05, 3.63) is 35.5 Å². The molecule has 104 valence electrons. The van der Waals surface area contributed by atoms with Crippen molar-refractivity contribution in [2.75, 3.05) is 26.8 Å². The maximum Gasteiger partial charge on any atom is 0.0587 e. The van der Waals surface area contributed by atoms with Gasteiger partial charge in [0.2, 0.25) is 0 Å². The van der Waals surface area contributed by atoms with E-state index in [1.54, 1.807) is 7.11 Å². The minimum Gasteiger partial charge on any atom is -0.383 e. The SMILES string of the molecule is COCCNCCCCn1ccc2cc(Cl)ccc21. The summed E-state index contributed by atoms with van der Waals surface area (Å²) in [4.78, 5) is 0. The Bertz CT molecular complexity index is 510. The van der Waals surface area contributed by atoms with Gasteiger partial charge in [-0.1, -0.05) is 11.6 Å². The molecule has 4 heteroatoms. The fraction of sp³-hybridized carbons (Fsp3) is 0.467. The molecule has 2 aromatic rings. The quantitative estimate of drug-likeness (QED) is 0.751. The molecule has 0 bridgehead atoms. The number of fused-ring (bicyclic) bond motifs is 1. The van der Waals surface area contributed by atoms with Gasteiger partial charge in [-0.05, 0) is 43.7 Å². The molecule has 0 aliphatic rings. The Balaban J connectivity index is 1.76. The number of aromatic nitrogens is 1. The molecule has 0 unspecified atom stereocenters. The van der Waals surface area contributed by atoms with Gasteiger partial charge in [-0.15, -0.1) is 0 Å². The molecule has 0 spiro atoms. The van der Waals surface area contributed by atoms with Crippen molar-refractivity contribution < 1.29 is 4.74 Å². The number of benzene rings is 1. The molecule has 1 N–H and O–H groups in total. The molecule has 0 fully saturated rings. The van der Waals surface area contributed by atoms with Crippen LogP contribution >= 0.6 is 11.6 Å². The zero-order chi connectivity index (χ0) is 13.5. The first-order valence-electron chi connectivity index (χ1n) is 6.75. The number of aryl methyl sites for hydroxylation is 1. The van der Waals surface area contributed by atoms with E-state index in [1.807, 2.05) is 12.1 Å². The van der Waals surface area contributed by atoms with Gasteiger partial charge in [-0.2, -0.15) is 0 Å². The van der Waals surface area contributed by atoms with E-state index < -0.39 is 0 Å². The van der Waals surface area contributed by atoms with Crippen molar-refractivity contribution in [3.63, 3.8) is 0 Å². The molecule has 0 saturated heterocycles. The molecular formula is C15H21ClN2O. The van der Waals surface area contributed by atoms with E-state index in [1.165, 1.54) is 23.7 Å². The number of methoxy groups -OCH3 is 1. The Morgan fingerprint density at radius 2 is 2.11 bits per heavy atom. The first kappa shape index (κ1) is 14.4. The van der Waals surface area contributed by atoms with Crippen LogP contribution in [0.15, 0.2) is 30.5 Å². The minimum absolute atomic E-state index is 0.781. The summed E-state index contributed by atoms with van der Waals surface area (Å²) < 4.78 is 7.28. The van der Waals surface area contributed by atoms with Crippen molar-refractivity contribution in [2.24, 2.45) is 0 Å². The Morgan fingerprint density at radius 1 is 1.21 bits per heavy atom. The number of rotatable bonds is 8. The minimum atomic E-state index is 0.781. The summed E-state index contributed by atoms with van der Waals surface area (Å²) in [5.41, 5.74) is 1.26. The molecule has 0 saturated carbocycles. The van der Waals surface area contributed by atoms with E-state index in [9.17, 15) is 0 Å². The Morgan fingerprint density at radius 3 is 2.95 bits per heavy atom. The van der Waals surface area contributed by atoms with Gasteiger partial charge in [-0.25, -0.2) is 0 Å². The van der Waals surface area contributed by atoms with Crippen molar-refractivity contribution in [3.8, 4) is 0 Å². The number of unbranched alkanes of at least 4 members (excludes halogenated alkanes) is 1. The van der Waals surface area contributed by atoms with Crippen molar-refractivity contribution in [1.29, 1.82) is 0 Å². The molecule has 1 aromatic carbocycles. The second-order valence-corrected chi connectivity index (χ2v) is 5.10. The average Bonchev–Trinajstić information content (AvgIpc) is 2.80. The third-order valence-corrected chi connectivity index (χ3v) is 3.45. The normalized spacial score (nSPS) is 11.3. The lowest BCUT2D eigenvalue weighted by Gasteiger charge is -2.06. The molecule has 1 aromatic heterocycles. The van der Waals surface area contributed by atoms with Gasteiger partial charge < -0.3 is 14.6 Å². The van der Waals surface area contributed by atoms with Crippen LogP contribution in [0.25, 0.3) is 10.9 Å². The second kappa shape index (κ2) is 7.53. The first-order valence-corrected chi connectivity index (χ1v) is 7.13. The fourth-order valence-corrected chi connectivity index (χ4v) is 2.38. The Labute approximate surface area is 119 Å². The van der Waals surface area contributed by atoms with Gasteiger partial charge in [0.05, 0.1) is 6.61 Å². The topological polar surface area (TPSA) is 26.2 Å². The summed E-state index contributed by atoms with van der Waals surface area (Å²) in [6, 6.07) is 8.18. The van der Waals surface area contributed by atoms with E-state index in [4.69, 9.17) is 16.3 Å². The molecular weight excluding hydrogens is 260 g/mol. The van der Waals surface area contributed by atoms with Crippen molar-refractivity contribution in [2.45, 2.75) is 19.4 Å². The van der Waals surface area contributed by atoms with E-state index in [0.717, 1.165) is 31.3 Å². The predicted molar refractivity (Wildman–Crippen MR) is 80.9 cm³/mol. The van der Waals surface area contributed by atoms with Crippen LogP contribution in [0.3, 0.4) is 0 Å². The predicted octanol–water partition coefficient (Wildman–Crippen LogP) is 3.31. The van der Waals surface area contributed by atoms with Crippen LogP contribution in [0.5, 0.6) is 0 Å². The third-order valence-electron chi connectivity index (χ3n) is 3.22. The highest BCUT2D eigenvalue weighted by molar-refractivity contribution is 6.31. The van der Waals surface area contributed by atoms with Crippen molar-refractivity contribution in [1.82, 2.24) is 9.88 Å². The molecule has 0 atom stereocenters. The van der Waals surface area contributed by atoms with Gasteiger partial charge in [0.15, 0.2) is 0 Å². The highest BCUT2D eigenvalue weighted by atomic mass is 35.5. The number of halogens is 1. The number of nitrogens with one attached hydrogen (secondary N) is 1. The van der Waals surface area contributed by atoms with Crippen LogP contribution < -0.4 is 5.32 Å². The van der Waals surface area contributed by atoms with Gasteiger partial charge in [-0.3, -0.25) is 0 Å². The van der Waals surface area contributed by atoms with E-state index >= 15 is 0 Å². The van der Waals surface area contributed by atoms with Crippen LogP contribution in [0, 0.1) is 0 Å². The van der Waals surface area contributed by atoms with Gasteiger partial charge in [0.1, 0.15) is 0 Å². The molecule has 2 rings (SSSR count). The summed E-state index contributed by atoms with van der Waals surface area (Å²) >= 11 is 5.99. The Kier molecular flexibility index (Phi) is 5.70. The number of nitrogens with zero attached hydrogens (tertiary/aromatic N) is 1. The summed E-state index contributed by atoms with van der Waals surface area (Å²) in [5, 5.41) is 5.37. The highest BCUT2D eigenvalue weighted by Gasteiger charge is 2.01. The van der Waals surface area contributed by atoms with E-state index in [0.29, 0.717) is 0 Å². The smallest absolute Gasteiger partial charge is 0.0587 e. The summed E-state index contributed by atoms with van der Waals surface area (Å²) in [7, 11) is 1.73. The summed E-state index contributed by atoms with van der Waals surface area (Å²) in [6.07, 6.45) is 4.49. The standard InChI is InChI=1S/C15H21ClN2O/c1-19-11-8-17-7-2-3-9-18-10-6-13-12-14(16)4-5-15(13)18/h4-6,10,12,17H,2-3,7-9,11H2,1H3. The largest absolute Gasteiger partial charge is 0.383 e. The van der Waals surface area contributed by atoms with Crippen LogP contribution in [0.1, 0.15) is 12.8 Å². The average molecular weight is 281 g/mol. The van der Waals surface area contributed by atoms with E-state index in [2.05, 4.69) is 28.2 Å². The van der Waals surface area contributed by atoms with Crippen molar-refractivity contribution >= 4 is 22.5 Å². The lowest BCUT2D eigenvalue weighted by atomic mass is 10.2. The van der Waals surface area contributed by atoms with Crippen LogP contribution in [0.2, 0.25) is 5.02 Å². The number of hydrogen-bond acceptors (Lipinski definition) is 2. The highest BCUT2D eigenvalue weighted by Crippen LogP contribution is 2.20. The Hall–Kier alpha value is -1.03. The molecule has 1 heterocycles. The maximum atomic E-state index is 5.99. The summed E-state index contributed by atoms with van der Waals surface area (Å²) in [6.45, 7) is 3.82. The van der Waals surface area contributed by atoms with Crippen LogP contribution in [-0.4, -0.2) is 31.4 Å². The second-order valence-electron chi connectivity index (χ2n) is 4.66. The molecule has 0 amide bonds. The first-order chi connectivity index (χ1) is 9.31. The lowest BCUT2D eigenvalue weighted by molar-refractivity contribution is 0.199.